The van der Waals surface area contributed by atoms with Crippen LogP contribution >= 0.6 is 0 Å². The largest absolute Gasteiger partial charge is 0.478 e. The smallest absolute Gasteiger partial charge is 0.330 e. The molecule has 0 saturated heterocycles. The SMILES string of the molecule is CC(=O)O[C@@H]1CC[C@]2(C)C3=C(CCC2C1(C)C)[C@@]1(C)CCC([C@H](C)CC/C=C(/C)C(=O)O)[C@]1(C)CC3. The highest BCUT2D eigenvalue weighted by atomic mass is 16.5. The highest BCUT2D eigenvalue weighted by Crippen LogP contribution is 2.72. The highest BCUT2D eigenvalue weighted by Gasteiger charge is 2.63. The minimum atomic E-state index is -0.802. The van der Waals surface area contributed by atoms with Crippen LogP contribution in [0.3, 0.4) is 0 Å². The summed E-state index contributed by atoms with van der Waals surface area (Å²) in [7, 11) is 0. The van der Waals surface area contributed by atoms with Crippen LogP contribution in [0, 0.1) is 39.4 Å². The first-order valence-electron chi connectivity index (χ1n) is 14.5. The first-order valence-corrected chi connectivity index (χ1v) is 14.5. The number of ether oxygens (including phenoxy) is 1. The van der Waals surface area contributed by atoms with Gasteiger partial charge in [-0.15, -0.1) is 0 Å². The number of rotatable bonds is 6. The molecule has 0 bridgehead atoms. The Morgan fingerprint density at radius 1 is 1.00 bits per heavy atom. The van der Waals surface area contributed by atoms with Crippen molar-refractivity contribution in [1.29, 1.82) is 0 Å². The lowest BCUT2D eigenvalue weighted by molar-refractivity contribution is -0.167. The fraction of sp³-hybridized carbons (Fsp3) is 0.812. The molecule has 0 radical (unpaired) electrons. The molecule has 0 aromatic heterocycles. The summed E-state index contributed by atoms with van der Waals surface area (Å²) in [5, 5.41) is 9.19. The van der Waals surface area contributed by atoms with E-state index in [1.165, 1.54) is 38.5 Å². The van der Waals surface area contributed by atoms with E-state index in [0.717, 1.165) is 25.7 Å². The molecular formula is C32H50O4. The molecule has 36 heavy (non-hydrogen) atoms. The summed E-state index contributed by atoms with van der Waals surface area (Å²) >= 11 is 0. The standard InChI is InChI=1S/C32H50O4/c1-20(10-9-11-21(2)28(34)35)23-14-18-32(8)25-12-13-26-29(4,5)27(36-22(3)33)16-17-30(26,6)24(25)15-19-31(23,32)7/h11,20,23,26-27H,9-10,12-19H2,1-8H3,(H,34,35)/b21-11-/t20-,23?,26?,27-,30-,31+,32-/m1/s1. The number of aliphatic carboxylic acids is 1. The zero-order chi connectivity index (χ0) is 26.7. The number of carboxylic acid groups (broad SMARTS) is 1. The molecule has 1 N–H and O–H groups in total. The Balaban J connectivity index is 1.59. The Bertz CT molecular complexity index is 973. The van der Waals surface area contributed by atoms with Gasteiger partial charge in [-0.1, -0.05) is 58.8 Å². The third-order valence-corrected chi connectivity index (χ3v) is 12.2. The third kappa shape index (κ3) is 4.09. The van der Waals surface area contributed by atoms with Crippen LogP contribution in [-0.2, 0) is 14.3 Å². The van der Waals surface area contributed by atoms with Crippen LogP contribution < -0.4 is 0 Å². The van der Waals surface area contributed by atoms with E-state index in [0.29, 0.717) is 28.7 Å². The van der Waals surface area contributed by atoms with E-state index in [-0.39, 0.29) is 28.3 Å². The van der Waals surface area contributed by atoms with Gasteiger partial charge in [-0.3, -0.25) is 4.79 Å². The van der Waals surface area contributed by atoms with Crippen molar-refractivity contribution >= 4 is 11.9 Å². The Morgan fingerprint density at radius 2 is 1.69 bits per heavy atom. The normalized spacial score (nSPS) is 40.7. The van der Waals surface area contributed by atoms with Gasteiger partial charge in [-0.25, -0.2) is 4.79 Å². The average molecular weight is 499 g/mol. The van der Waals surface area contributed by atoms with Crippen LogP contribution in [0.5, 0.6) is 0 Å². The molecule has 0 spiro atoms. The highest BCUT2D eigenvalue weighted by molar-refractivity contribution is 5.85. The topological polar surface area (TPSA) is 63.6 Å². The Hall–Kier alpha value is -1.58. The van der Waals surface area contributed by atoms with E-state index in [2.05, 4.69) is 41.5 Å². The molecule has 4 aliphatic carbocycles. The molecule has 0 aromatic rings. The van der Waals surface area contributed by atoms with E-state index in [1.54, 1.807) is 25.0 Å². The number of esters is 1. The van der Waals surface area contributed by atoms with Gasteiger partial charge < -0.3 is 9.84 Å². The Morgan fingerprint density at radius 3 is 2.33 bits per heavy atom. The molecule has 4 rings (SSSR count). The summed E-state index contributed by atoms with van der Waals surface area (Å²) < 4.78 is 5.85. The predicted molar refractivity (Wildman–Crippen MR) is 144 cm³/mol. The molecule has 4 aliphatic rings. The van der Waals surface area contributed by atoms with Crippen LogP contribution in [0.1, 0.15) is 120 Å². The second-order valence-electron chi connectivity index (χ2n) is 14.1. The third-order valence-electron chi connectivity index (χ3n) is 12.2. The van der Waals surface area contributed by atoms with Gasteiger partial charge in [0.15, 0.2) is 0 Å². The summed E-state index contributed by atoms with van der Waals surface area (Å²) in [6, 6.07) is 0. The molecule has 2 fully saturated rings. The number of allylic oxidation sites excluding steroid dienone is 3. The van der Waals surface area contributed by atoms with E-state index in [4.69, 9.17) is 4.74 Å². The zero-order valence-electron chi connectivity index (χ0n) is 24.1. The Labute approximate surface area is 219 Å². The van der Waals surface area contributed by atoms with Crippen LogP contribution in [0.25, 0.3) is 0 Å². The fourth-order valence-corrected chi connectivity index (χ4v) is 9.88. The second kappa shape index (κ2) is 9.31. The summed E-state index contributed by atoms with van der Waals surface area (Å²) in [6.45, 7) is 18.1. The number of carbonyl (C=O) groups excluding carboxylic acids is 1. The number of hydrogen-bond donors (Lipinski definition) is 1. The van der Waals surface area contributed by atoms with Crippen molar-refractivity contribution in [2.75, 3.05) is 0 Å². The second-order valence-corrected chi connectivity index (χ2v) is 14.1. The molecule has 0 aromatic carbocycles. The lowest BCUT2D eigenvalue weighted by atomic mass is 9.43. The van der Waals surface area contributed by atoms with Crippen LogP contribution in [0.2, 0.25) is 0 Å². The van der Waals surface area contributed by atoms with Crippen LogP contribution in [0.4, 0.5) is 0 Å². The number of fused-ring (bicyclic) bond motifs is 4. The Kier molecular flexibility index (Phi) is 7.10. The average Bonchev–Trinajstić information content (AvgIpc) is 3.07. The zero-order valence-corrected chi connectivity index (χ0v) is 24.1. The summed E-state index contributed by atoms with van der Waals surface area (Å²) in [4.78, 5) is 23.0. The molecular weight excluding hydrogens is 448 g/mol. The van der Waals surface area contributed by atoms with Gasteiger partial charge in [0.05, 0.1) is 0 Å². The van der Waals surface area contributed by atoms with Gasteiger partial charge >= 0.3 is 11.9 Å². The van der Waals surface area contributed by atoms with Gasteiger partial charge in [0, 0.05) is 17.9 Å². The first kappa shape index (κ1) is 27.5. The maximum atomic E-state index is 11.8. The van der Waals surface area contributed by atoms with E-state index < -0.39 is 5.97 Å². The number of carbonyl (C=O) groups is 2. The van der Waals surface area contributed by atoms with Gasteiger partial charge in [0.25, 0.3) is 0 Å². The van der Waals surface area contributed by atoms with Crippen molar-refractivity contribution in [3.8, 4) is 0 Å². The molecule has 7 atom stereocenters. The van der Waals surface area contributed by atoms with E-state index >= 15 is 0 Å². The molecule has 2 unspecified atom stereocenters. The monoisotopic (exact) mass is 498 g/mol. The quantitative estimate of drug-likeness (QED) is 0.228. The molecule has 0 amide bonds. The first-order chi connectivity index (χ1) is 16.7. The predicted octanol–water partition coefficient (Wildman–Crippen LogP) is 8.11. The van der Waals surface area contributed by atoms with Gasteiger partial charge in [0.1, 0.15) is 6.10 Å². The lowest BCUT2D eigenvalue weighted by Gasteiger charge is -2.62. The van der Waals surface area contributed by atoms with E-state index in [9.17, 15) is 14.7 Å². The molecule has 0 aliphatic heterocycles. The maximum Gasteiger partial charge on any atom is 0.330 e. The van der Waals surface area contributed by atoms with Gasteiger partial charge in [-0.05, 0) is 105 Å². The van der Waals surface area contributed by atoms with Crippen LogP contribution in [-0.4, -0.2) is 23.1 Å². The summed E-state index contributed by atoms with van der Waals surface area (Å²) in [5.74, 6) is 0.894. The number of carboxylic acids is 1. The van der Waals surface area contributed by atoms with Crippen molar-refractivity contribution in [2.24, 2.45) is 39.4 Å². The molecule has 202 valence electrons. The maximum absolute atomic E-state index is 11.8. The molecule has 4 nitrogen and oxygen atoms in total. The van der Waals surface area contributed by atoms with Crippen molar-refractivity contribution in [3.05, 3.63) is 22.8 Å². The van der Waals surface area contributed by atoms with Gasteiger partial charge in [-0.2, -0.15) is 0 Å². The minimum Gasteiger partial charge on any atom is -0.478 e. The fourth-order valence-electron chi connectivity index (χ4n) is 9.88. The summed E-state index contributed by atoms with van der Waals surface area (Å²) in [6.07, 6.45) is 13.4. The van der Waals surface area contributed by atoms with Crippen molar-refractivity contribution < 1.29 is 19.4 Å². The number of hydrogen-bond acceptors (Lipinski definition) is 3. The van der Waals surface area contributed by atoms with Crippen LogP contribution in [0.15, 0.2) is 22.8 Å². The molecule has 4 heteroatoms. The van der Waals surface area contributed by atoms with Gasteiger partial charge in [0.2, 0.25) is 0 Å². The minimum absolute atomic E-state index is 0.00676. The summed E-state index contributed by atoms with van der Waals surface area (Å²) in [5.41, 5.74) is 4.79. The lowest BCUT2D eigenvalue weighted by Crippen LogP contribution is -2.55. The van der Waals surface area contributed by atoms with E-state index in [1.807, 2.05) is 6.08 Å². The molecule has 0 heterocycles. The molecule has 2 saturated carbocycles. The van der Waals surface area contributed by atoms with Crippen molar-refractivity contribution in [1.82, 2.24) is 0 Å². The van der Waals surface area contributed by atoms with Crippen molar-refractivity contribution in [2.45, 2.75) is 126 Å². The van der Waals surface area contributed by atoms with Crippen molar-refractivity contribution in [3.63, 3.8) is 0 Å².